The van der Waals surface area contributed by atoms with Gasteiger partial charge in [-0.15, -0.1) is 0 Å². The maximum Gasteiger partial charge on any atom is 0.305 e. The Labute approximate surface area is 352 Å². The second-order valence-corrected chi connectivity index (χ2v) is 13.4. The van der Waals surface area contributed by atoms with Crippen LogP contribution in [0.4, 0.5) is 47.6 Å². The molecular formula is C35H58N22O4. The van der Waals surface area contributed by atoms with Gasteiger partial charge >= 0.3 is 11.9 Å². The summed E-state index contributed by atoms with van der Waals surface area (Å²) in [5.41, 5.74) is 17.1. The van der Waals surface area contributed by atoms with Crippen molar-refractivity contribution in [2.45, 2.75) is 77.6 Å². The highest BCUT2D eigenvalue weighted by molar-refractivity contribution is 5.67. The monoisotopic (exact) mass is 851 g/mol. The molecule has 0 unspecified atom stereocenters. The predicted molar refractivity (Wildman–Crippen MR) is 229 cm³/mol. The van der Waals surface area contributed by atoms with Gasteiger partial charge in [-0.25, -0.2) is 0 Å². The lowest BCUT2D eigenvalue weighted by Crippen LogP contribution is -2.18. The van der Waals surface area contributed by atoms with Gasteiger partial charge in [-0.1, -0.05) is 13.3 Å². The van der Waals surface area contributed by atoms with Gasteiger partial charge in [0.05, 0.1) is 12.8 Å². The van der Waals surface area contributed by atoms with Crippen molar-refractivity contribution in [1.29, 1.82) is 0 Å². The molecular weight excluding hydrogens is 793 g/mol. The Morgan fingerprint density at radius 2 is 0.721 bits per heavy atom. The van der Waals surface area contributed by atoms with Crippen LogP contribution in [0.15, 0.2) is 0 Å². The summed E-state index contributed by atoms with van der Waals surface area (Å²) in [4.78, 5) is 75.4. The minimum Gasteiger partial charge on any atom is -0.481 e. The van der Waals surface area contributed by atoms with E-state index in [2.05, 4.69) is 104 Å². The zero-order valence-electron chi connectivity index (χ0n) is 34.5. The summed E-state index contributed by atoms with van der Waals surface area (Å²) in [6, 6.07) is 0. The lowest BCUT2D eigenvalue weighted by atomic mass is 10.2. The fourth-order valence-electron chi connectivity index (χ4n) is 5.30. The lowest BCUT2D eigenvalue weighted by Gasteiger charge is -2.12. The summed E-state index contributed by atoms with van der Waals surface area (Å²) in [6.07, 6.45) is 5.76. The number of aliphatic carboxylic acids is 2. The van der Waals surface area contributed by atoms with Crippen LogP contribution in [-0.4, -0.2) is 141 Å². The van der Waals surface area contributed by atoms with Gasteiger partial charge in [-0.3, -0.25) is 9.59 Å². The molecule has 0 atom stereocenters. The molecule has 0 saturated heterocycles. The highest BCUT2D eigenvalue weighted by Gasteiger charge is 2.12. The Morgan fingerprint density at radius 1 is 0.426 bits per heavy atom. The van der Waals surface area contributed by atoms with Crippen molar-refractivity contribution >= 4 is 59.5 Å². The third kappa shape index (κ3) is 18.8. The molecule has 332 valence electrons. The number of anilines is 8. The van der Waals surface area contributed by atoms with Gasteiger partial charge in [0.15, 0.2) is 0 Å². The number of carbonyl (C=O) groups is 2. The second-order valence-electron chi connectivity index (χ2n) is 13.4. The molecule has 0 amide bonds. The second kappa shape index (κ2) is 26.4. The summed E-state index contributed by atoms with van der Waals surface area (Å²) >= 11 is 0. The van der Waals surface area contributed by atoms with Crippen molar-refractivity contribution in [2.24, 2.45) is 11.5 Å². The Morgan fingerprint density at radius 3 is 1.05 bits per heavy atom. The summed E-state index contributed by atoms with van der Waals surface area (Å²) in [5.74, 6) is 2.97. The highest BCUT2D eigenvalue weighted by atomic mass is 16.4. The fraction of sp³-hybridized carbons (Fsp3) is 0.600. The molecule has 4 rings (SSSR count). The number of carboxylic acid groups (broad SMARTS) is 2. The van der Waals surface area contributed by atoms with Crippen LogP contribution >= 0.6 is 0 Å². The summed E-state index contributed by atoms with van der Waals surface area (Å²) in [7, 11) is 0. The number of hydrogen-bond donors (Lipinski definition) is 12. The Bertz CT molecular complexity index is 1960. The number of nitrogen functional groups attached to an aromatic ring is 1. The number of rotatable bonds is 32. The molecule has 0 spiro atoms. The van der Waals surface area contributed by atoms with Crippen LogP contribution < -0.4 is 54.4 Å². The van der Waals surface area contributed by atoms with Gasteiger partial charge in [0.2, 0.25) is 47.6 Å². The van der Waals surface area contributed by atoms with E-state index < -0.39 is 11.9 Å². The summed E-state index contributed by atoms with van der Waals surface area (Å²) in [5, 5.41) is 39.9. The van der Waals surface area contributed by atoms with E-state index in [9.17, 15) is 9.59 Å². The van der Waals surface area contributed by atoms with E-state index >= 15 is 0 Å². The van der Waals surface area contributed by atoms with Gasteiger partial charge < -0.3 is 64.6 Å². The van der Waals surface area contributed by atoms with Crippen molar-refractivity contribution in [3.63, 3.8) is 0 Å². The molecule has 0 aliphatic rings. The molecule has 0 aliphatic heterocycles. The van der Waals surface area contributed by atoms with Crippen LogP contribution in [0.1, 0.15) is 75.2 Å². The van der Waals surface area contributed by atoms with Crippen molar-refractivity contribution in [3.8, 4) is 0 Å². The molecule has 0 saturated carbocycles. The highest BCUT2D eigenvalue weighted by Crippen LogP contribution is 2.13. The lowest BCUT2D eigenvalue weighted by molar-refractivity contribution is -0.137. The van der Waals surface area contributed by atoms with Crippen molar-refractivity contribution in [3.05, 3.63) is 23.3 Å². The van der Waals surface area contributed by atoms with E-state index in [4.69, 9.17) is 27.4 Å². The first-order valence-corrected chi connectivity index (χ1v) is 20.4. The van der Waals surface area contributed by atoms with Gasteiger partial charge in [-0.05, 0) is 25.7 Å². The molecule has 4 aromatic rings. The average molecular weight is 851 g/mol. The van der Waals surface area contributed by atoms with Crippen LogP contribution in [-0.2, 0) is 35.3 Å². The molecule has 15 N–H and O–H groups in total. The zero-order chi connectivity index (χ0) is 43.7. The smallest absolute Gasteiger partial charge is 0.305 e. The topological polar surface area (TPSA) is 392 Å². The number of nitrogens with two attached hydrogens (primary N) is 3. The summed E-state index contributed by atoms with van der Waals surface area (Å²) < 4.78 is 0. The maximum absolute atomic E-state index is 11.1. The molecule has 0 aromatic carbocycles. The Hall–Kier alpha value is -6.70. The number of aromatic nitrogens is 12. The minimum absolute atomic E-state index is 0.0691. The number of unbranched alkanes of at least 4 members (excludes halogenated alkanes) is 1. The maximum atomic E-state index is 11.1. The van der Waals surface area contributed by atoms with Crippen LogP contribution in [0.25, 0.3) is 0 Å². The molecule has 0 bridgehead atoms. The van der Waals surface area contributed by atoms with E-state index in [1.54, 1.807) is 0 Å². The number of nitrogens with one attached hydrogen (secondary N) is 7. The average Bonchev–Trinajstić information content (AvgIpc) is 3.23. The van der Waals surface area contributed by atoms with Gasteiger partial charge in [0.25, 0.3) is 0 Å². The molecule has 0 fully saturated rings. The number of nitrogens with zero attached hydrogens (tertiary/aromatic N) is 12. The zero-order valence-corrected chi connectivity index (χ0v) is 34.5. The standard InChI is InChI=1S/C35H58N22O4/c1-2-3-7-23-48-30(55-33(49-23)42-18-11-26(58)59)40-16-5-9-24-50-31(56-34(52-24)43-19-12-27(60)61)41-17-6-10-25-51-32(57-35(53-25)45-21-14-37)39-15-4-8-22-46-28(38)54-29(47-22)44-20-13-36/h2-21,36-37H2,1H3,(H,58,59)(H,60,61)(H3,38,44,46,47,54)(H2,39,45,51,53,57)(H2,40,42,48,49,55)(H2,41,43,50,52,56). The first-order valence-electron chi connectivity index (χ1n) is 20.4. The van der Waals surface area contributed by atoms with Crippen molar-refractivity contribution < 1.29 is 19.8 Å². The van der Waals surface area contributed by atoms with Gasteiger partial charge in [-0.2, -0.15) is 59.8 Å². The number of carboxylic acids is 2. The van der Waals surface area contributed by atoms with Crippen molar-refractivity contribution in [2.75, 3.05) is 102 Å². The van der Waals surface area contributed by atoms with E-state index in [1.807, 2.05) is 0 Å². The largest absolute Gasteiger partial charge is 0.481 e. The van der Waals surface area contributed by atoms with E-state index in [0.717, 1.165) is 12.8 Å². The molecule has 61 heavy (non-hydrogen) atoms. The molecule has 26 nitrogen and oxygen atoms in total. The number of hydrogen-bond acceptors (Lipinski definition) is 24. The number of aryl methyl sites for hydroxylation is 4. The quantitative estimate of drug-likeness (QED) is 0.0288. The Kier molecular flexibility index (Phi) is 20.3. The fourth-order valence-corrected chi connectivity index (χ4v) is 5.30. The summed E-state index contributed by atoms with van der Waals surface area (Å²) in [6.45, 7) is 5.72. The Balaban J connectivity index is 1.33. The molecule has 26 heteroatoms. The molecule has 0 aliphatic carbocycles. The van der Waals surface area contributed by atoms with Crippen LogP contribution in [0, 0.1) is 0 Å². The molecule has 4 heterocycles. The van der Waals surface area contributed by atoms with Crippen molar-refractivity contribution in [1.82, 2.24) is 59.8 Å². The first-order chi connectivity index (χ1) is 29.6. The molecule has 4 aromatic heterocycles. The first kappa shape index (κ1) is 47.0. The van der Waals surface area contributed by atoms with Gasteiger partial charge in [0, 0.05) is 84.6 Å². The minimum atomic E-state index is -0.948. The normalized spacial score (nSPS) is 10.9. The van der Waals surface area contributed by atoms with Crippen LogP contribution in [0.2, 0.25) is 0 Å². The van der Waals surface area contributed by atoms with Gasteiger partial charge in [0.1, 0.15) is 23.3 Å². The van der Waals surface area contributed by atoms with E-state index in [0.29, 0.717) is 150 Å². The van der Waals surface area contributed by atoms with E-state index in [-0.39, 0.29) is 37.8 Å². The SMILES string of the molecule is CCCCc1nc(NCCCc2nc(NCCCc3nc(NCCN)nc(NCCCc4nc(N)nc(NCCN)n4)n3)nc(NCCC(=O)O)n2)nc(NCCC(=O)O)n1. The van der Waals surface area contributed by atoms with Crippen LogP contribution in [0.5, 0.6) is 0 Å². The third-order valence-corrected chi connectivity index (χ3v) is 8.18. The molecule has 0 radical (unpaired) electrons. The predicted octanol–water partition coefficient (Wildman–Crippen LogP) is -0.0001000. The van der Waals surface area contributed by atoms with E-state index in [1.165, 1.54) is 0 Å². The van der Waals surface area contributed by atoms with Crippen LogP contribution in [0.3, 0.4) is 0 Å². The third-order valence-electron chi connectivity index (χ3n) is 8.18.